The number of rotatable bonds is 2. The van der Waals surface area contributed by atoms with Crippen LogP contribution in [-0.2, 0) is 0 Å². The highest BCUT2D eigenvalue weighted by Gasteiger charge is 2.23. The third-order valence-electron chi connectivity index (χ3n) is 2.60. The van der Waals surface area contributed by atoms with Gasteiger partial charge < -0.3 is 0 Å². The highest BCUT2D eigenvalue weighted by Crippen LogP contribution is 2.42. The molecule has 0 amide bonds. The van der Waals surface area contributed by atoms with Gasteiger partial charge in [-0.25, -0.2) is 5.32 Å². The summed E-state index contributed by atoms with van der Waals surface area (Å²) in [5.41, 5.74) is 2.17. The Morgan fingerprint density at radius 2 is 0.478 bits per heavy atom. The maximum atomic E-state index is 5.11. The molecule has 23 heavy (non-hydrogen) atoms. The summed E-state index contributed by atoms with van der Waals surface area (Å²) in [6.45, 7) is 0. The summed E-state index contributed by atoms with van der Waals surface area (Å²) >= 11 is 24.2. The van der Waals surface area contributed by atoms with E-state index in [9.17, 15) is 0 Å². The normalized spacial score (nSPS) is 11.0. The summed E-state index contributed by atoms with van der Waals surface area (Å²) < 4.78 is 12.7. The first kappa shape index (κ1) is 24.8. The number of nitrogens with zero attached hydrogens (tertiary/aromatic N) is 1. The van der Waals surface area contributed by atoms with E-state index in [4.69, 9.17) is 5.32 Å². The summed E-state index contributed by atoms with van der Waals surface area (Å²) in [4.78, 5) is 0. The number of hydrogen-bond acceptors (Lipinski definition) is 0. The molecule has 0 aliphatic carbocycles. The van der Waals surface area contributed by atoms with E-state index >= 15 is 0 Å². The maximum absolute atomic E-state index is 5.11. The van der Waals surface area contributed by atoms with Gasteiger partial charge in [-0.05, 0) is 226 Å². The molecule has 123 valence electrons. The number of hydrogen-bond donors (Lipinski definition) is 0. The van der Waals surface area contributed by atoms with Crippen molar-refractivity contribution in [3.05, 3.63) is 35.7 Å². The molecule has 0 heterocycles. The van der Waals surface area contributed by atoms with E-state index in [2.05, 4.69) is 226 Å². The summed E-state index contributed by atoms with van der Waals surface area (Å²) in [6.07, 6.45) is 0. The number of benzene rings is 2. The minimum Gasteiger partial charge on any atom is -0.244 e. The zero-order valence-electron chi connectivity index (χ0n) is 10.2. The van der Waals surface area contributed by atoms with Crippen LogP contribution >= 0.6 is 226 Å². The molecule has 1 nitrogen and oxygen atoms in total. The van der Waals surface area contributed by atoms with Crippen LogP contribution in [0.2, 0.25) is 0 Å². The van der Waals surface area contributed by atoms with E-state index in [-0.39, 0.29) is 0 Å². The smallest absolute Gasteiger partial charge is 0.0926 e. The van der Waals surface area contributed by atoms with Gasteiger partial charge in [-0.15, -0.1) is 0 Å². The van der Waals surface area contributed by atoms with E-state index < -0.39 is 0 Å². The highest BCUT2D eigenvalue weighted by molar-refractivity contribution is 14.1. The molecule has 0 unspecified atom stereocenters. The lowest BCUT2D eigenvalue weighted by molar-refractivity contribution is 1.12. The van der Waals surface area contributed by atoms with Crippen LogP contribution in [0.15, 0.2) is 0 Å². The van der Waals surface area contributed by atoms with Crippen LogP contribution in [0.5, 0.6) is 0 Å². The fourth-order valence-corrected chi connectivity index (χ4v) is 11.4. The average Bonchev–Trinajstić information content (AvgIpc) is 2.54. The van der Waals surface area contributed by atoms with Crippen LogP contribution < -0.4 is 5.32 Å². The SMILES string of the molecule is Ic1c(I)c(I)c([N]c2c(I)c(I)c(I)c(I)c2I)c(I)c1I. The van der Waals surface area contributed by atoms with E-state index in [1.54, 1.807) is 0 Å². The van der Waals surface area contributed by atoms with Crippen LogP contribution in [0.1, 0.15) is 0 Å². The largest absolute Gasteiger partial charge is 0.244 e. The lowest BCUT2D eigenvalue weighted by Crippen LogP contribution is -2.07. The predicted molar refractivity (Wildman–Crippen MR) is 182 cm³/mol. The van der Waals surface area contributed by atoms with E-state index in [0.29, 0.717) is 0 Å². The molecule has 0 bridgehead atoms. The Morgan fingerprint density at radius 1 is 0.304 bits per heavy atom. The molecular formula is C12I10N. The Morgan fingerprint density at radius 3 is 0.696 bits per heavy atom. The van der Waals surface area contributed by atoms with Crippen molar-refractivity contribution in [2.24, 2.45) is 0 Å². The van der Waals surface area contributed by atoms with Crippen molar-refractivity contribution in [1.29, 1.82) is 0 Å². The summed E-state index contributed by atoms with van der Waals surface area (Å²) in [6, 6.07) is 0. The summed E-state index contributed by atoms with van der Waals surface area (Å²) in [7, 11) is 0. The van der Waals surface area contributed by atoms with Gasteiger partial charge in [0.15, 0.2) is 0 Å². The van der Waals surface area contributed by atoms with Crippen molar-refractivity contribution in [3.63, 3.8) is 0 Å². The van der Waals surface area contributed by atoms with Crippen LogP contribution in [0.3, 0.4) is 0 Å². The molecular weight excluding hydrogens is 1430 g/mol. The number of halogens is 10. The van der Waals surface area contributed by atoms with Gasteiger partial charge in [-0.3, -0.25) is 0 Å². The predicted octanol–water partition coefficient (Wildman–Crippen LogP) is 9.30. The van der Waals surface area contributed by atoms with Gasteiger partial charge in [0.1, 0.15) is 0 Å². The fourth-order valence-electron chi connectivity index (χ4n) is 1.49. The lowest BCUT2D eigenvalue weighted by atomic mass is 10.2. The molecule has 2 aromatic carbocycles. The van der Waals surface area contributed by atoms with Gasteiger partial charge in [0.25, 0.3) is 0 Å². The van der Waals surface area contributed by atoms with Crippen molar-refractivity contribution in [2.75, 3.05) is 0 Å². The third kappa shape index (κ3) is 5.43. The Balaban J connectivity index is 2.71. The van der Waals surface area contributed by atoms with Gasteiger partial charge in [0, 0.05) is 21.4 Å². The van der Waals surface area contributed by atoms with Crippen molar-refractivity contribution < 1.29 is 0 Å². The average molecular weight is 1430 g/mol. The van der Waals surface area contributed by atoms with Gasteiger partial charge in [-0.2, -0.15) is 0 Å². The molecule has 0 atom stereocenters. The summed E-state index contributed by atoms with van der Waals surface area (Å²) in [5, 5.41) is 5.11. The first-order valence-corrected chi connectivity index (χ1v) is 16.1. The molecule has 0 saturated carbocycles. The molecule has 0 aromatic heterocycles. The zero-order valence-corrected chi connectivity index (χ0v) is 31.8. The van der Waals surface area contributed by atoms with Crippen molar-refractivity contribution >= 4 is 237 Å². The van der Waals surface area contributed by atoms with E-state index in [1.165, 1.54) is 35.7 Å². The molecule has 0 aliphatic heterocycles. The summed E-state index contributed by atoms with van der Waals surface area (Å²) in [5.74, 6) is 0. The zero-order chi connectivity index (χ0) is 17.6. The molecule has 1 radical (unpaired) electrons. The molecule has 2 aromatic rings. The molecule has 0 aliphatic rings. The monoisotopic (exact) mass is 1430 g/mol. The van der Waals surface area contributed by atoms with Gasteiger partial charge in [0.05, 0.1) is 25.7 Å². The van der Waals surface area contributed by atoms with Crippen molar-refractivity contribution in [3.8, 4) is 0 Å². The van der Waals surface area contributed by atoms with Crippen LogP contribution in [-0.4, -0.2) is 0 Å². The second kappa shape index (κ2) is 10.7. The Kier molecular flexibility index (Phi) is 11.6. The molecule has 0 saturated heterocycles. The highest BCUT2D eigenvalue weighted by atomic mass is 127. The molecule has 2 rings (SSSR count). The van der Waals surface area contributed by atoms with Crippen LogP contribution in [0.4, 0.5) is 11.4 Å². The molecule has 11 heteroatoms. The Labute approximate surface area is 271 Å². The van der Waals surface area contributed by atoms with Crippen LogP contribution in [0.25, 0.3) is 0 Å². The molecule has 0 fully saturated rings. The van der Waals surface area contributed by atoms with Gasteiger partial charge in [0.2, 0.25) is 0 Å². The topological polar surface area (TPSA) is 14.1 Å². The van der Waals surface area contributed by atoms with Crippen molar-refractivity contribution in [2.45, 2.75) is 0 Å². The second-order valence-electron chi connectivity index (χ2n) is 3.95. The van der Waals surface area contributed by atoms with Gasteiger partial charge >= 0.3 is 0 Å². The Bertz CT molecular complexity index is 691. The van der Waals surface area contributed by atoms with Gasteiger partial charge in [-0.1, -0.05) is 0 Å². The van der Waals surface area contributed by atoms with Crippen molar-refractivity contribution in [1.82, 2.24) is 5.32 Å². The molecule has 0 spiro atoms. The van der Waals surface area contributed by atoms with Crippen LogP contribution in [0, 0.1) is 35.7 Å². The first-order chi connectivity index (χ1) is 10.6. The van der Waals surface area contributed by atoms with E-state index in [1.807, 2.05) is 0 Å². The standard InChI is InChI=1S/C12I10N/c13-1-3(15)7(19)11(8(20)4(1)16)23-12-9(21)5(17)2(14)6(18)10(12)22. The Hall–Kier alpha value is 5.54. The minimum atomic E-state index is 1.09. The second-order valence-corrected chi connectivity index (χ2v) is 14.7. The minimum absolute atomic E-state index is 1.09. The van der Waals surface area contributed by atoms with E-state index in [0.717, 1.165) is 11.4 Å². The molecule has 0 N–H and O–H groups in total. The maximum Gasteiger partial charge on any atom is 0.0926 e. The quantitative estimate of drug-likeness (QED) is 0.162. The lowest BCUT2D eigenvalue weighted by Gasteiger charge is -2.17. The third-order valence-corrected chi connectivity index (χ3v) is 21.5. The fraction of sp³-hybridized carbons (Fsp3) is 0. The first-order valence-electron chi connectivity index (χ1n) is 5.34.